The number of fused-ring (bicyclic) bond motifs is 1. The maximum Gasteiger partial charge on any atom is 0.292 e. The molecular formula is C37H35ClF6N10O2S. The summed E-state index contributed by atoms with van der Waals surface area (Å²) in [6, 6.07) is 5.15. The fourth-order valence-electron chi connectivity index (χ4n) is 6.76. The summed E-state index contributed by atoms with van der Waals surface area (Å²) in [4.78, 5) is 41.8. The quantitative estimate of drug-likeness (QED) is 0.0428. The minimum atomic E-state index is -3.59. The van der Waals surface area contributed by atoms with Crippen molar-refractivity contribution in [2.45, 2.75) is 58.0 Å². The van der Waals surface area contributed by atoms with Crippen molar-refractivity contribution in [1.29, 1.82) is 5.41 Å². The Hall–Kier alpha value is -5.43. The number of nitrogens with one attached hydrogen (secondary N) is 4. The van der Waals surface area contributed by atoms with Crippen LogP contribution in [0.1, 0.15) is 65.8 Å². The lowest BCUT2D eigenvalue weighted by atomic mass is 10.0. The van der Waals surface area contributed by atoms with E-state index in [1.165, 1.54) is 38.5 Å². The van der Waals surface area contributed by atoms with E-state index in [0.29, 0.717) is 17.2 Å². The van der Waals surface area contributed by atoms with Gasteiger partial charge in [0.25, 0.3) is 17.9 Å². The number of halogens is 7. The summed E-state index contributed by atoms with van der Waals surface area (Å²) >= 11 is 7.67. The first-order valence-electron chi connectivity index (χ1n) is 17.4. The first-order valence-corrected chi connectivity index (χ1v) is 19.0. The molecule has 3 aromatic heterocycles. The molecule has 0 bridgehead atoms. The van der Waals surface area contributed by atoms with Crippen LogP contribution in [0.25, 0.3) is 17.2 Å². The van der Waals surface area contributed by atoms with Crippen LogP contribution in [0.2, 0.25) is 5.02 Å². The van der Waals surface area contributed by atoms with Gasteiger partial charge in [-0.3, -0.25) is 24.2 Å². The maximum absolute atomic E-state index is 15.4. The number of aryl methyl sites for hydroxylation is 1. The number of amides is 1. The molecule has 57 heavy (non-hydrogen) atoms. The average molecular weight is 833 g/mol. The van der Waals surface area contributed by atoms with Gasteiger partial charge in [-0.1, -0.05) is 37.4 Å². The van der Waals surface area contributed by atoms with Gasteiger partial charge in [-0.25, -0.2) is 32.5 Å². The van der Waals surface area contributed by atoms with Gasteiger partial charge in [0, 0.05) is 55.7 Å². The molecule has 0 saturated heterocycles. The van der Waals surface area contributed by atoms with Crippen molar-refractivity contribution in [3.8, 4) is 17.2 Å². The van der Waals surface area contributed by atoms with Crippen LogP contribution in [-0.4, -0.2) is 54.3 Å². The molecule has 5 aromatic rings. The molecule has 3 heterocycles. The lowest BCUT2D eigenvalue weighted by Gasteiger charge is -2.25. The highest BCUT2D eigenvalue weighted by Crippen LogP contribution is 2.48. The summed E-state index contributed by atoms with van der Waals surface area (Å²) in [5.41, 5.74) is -1.68. The maximum atomic E-state index is 15.4. The number of alkyl halides is 4. The van der Waals surface area contributed by atoms with Crippen molar-refractivity contribution < 1.29 is 31.1 Å². The Morgan fingerprint density at radius 1 is 1.11 bits per heavy atom. The Bertz CT molecular complexity index is 2390. The minimum absolute atomic E-state index is 0.00976. The van der Waals surface area contributed by atoms with Gasteiger partial charge >= 0.3 is 0 Å². The molecule has 1 aliphatic rings. The molecule has 1 aliphatic carbocycles. The molecule has 0 saturated carbocycles. The Morgan fingerprint density at radius 2 is 1.79 bits per heavy atom. The van der Waals surface area contributed by atoms with Crippen molar-refractivity contribution in [2.75, 3.05) is 18.6 Å². The molecule has 2 aromatic carbocycles. The normalized spacial score (nSPS) is 15.1. The second kappa shape index (κ2) is 16.6. The summed E-state index contributed by atoms with van der Waals surface area (Å²) in [6.45, 7) is 2.12. The third kappa shape index (κ3) is 8.21. The molecule has 2 atom stereocenters. The summed E-state index contributed by atoms with van der Waals surface area (Å²) in [6.07, 6.45) is 1.33. The largest absolute Gasteiger partial charge is 0.386 e. The van der Waals surface area contributed by atoms with Crippen molar-refractivity contribution in [2.24, 2.45) is 5.92 Å². The van der Waals surface area contributed by atoms with E-state index >= 15 is 8.78 Å². The van der Waals surface area contributed by atoms with Crippen LogP contribution < -0.4 is 20.9 Å². The SMILES string of the molecule is CCc1cnc(-c2cc(=O)n(-c3ccc(Cl)c(C(=N)NSC)c3NC)c(C(Cc3cc(F)cc(F)c3)NC(=O)Cn3nc(C(F)F)c4c3C(F)(F)C(C)C4)n2)nc1. The van der Waals surface area contributed by atoms with Gasteiger partial charge in [0.1, 0.15) is 46.9 Å². The molecule has 1 amide bonds. The first-order chi connectivity index (χ1) is 27.1. The lowest BCUT2D eigenvalue weighted by molar-refractivity contribution is -0.123. The van der Waals surface area contributed by atoms with E-state index in [1.807, 2.05) is 6.92 Å². The molecule has 6 rings (SSSR count). The zero-order valence-electron chi connectivity index (χ0n) is 30.7. The molecule has 0 radical (unpaired) electrons. The highest BCUT2D eigenvalue weighted by atomic mass is 35.5. The first kappa shape index (κ1) is 41.2. The number of benzene rings is 2. The van der Waals surface area contributed by atoms with Crippen molar-refractivity contribution in [3.05, 3.63) is 115 Å². The molecule has 2 unspecified atom stereocenters. The van der Waals surface area contributed by atoms with Crippen molar-refractivity contribution in [3.63, 3.8) is 0 Å². The standard InChI is InChI=1S/C37H35ClF6N10O2S/c1-5-18-14-47-35(48-15-18)24-13-28(56)54(26-7-6-23(38)29(31(26)46-3)34(45)52-57-4)36(50-24)25(11-19-9-20(39)12-21(40)10-19)49-27(55)16-53-32-22(30(51-53)33(41)42)8-17(2)37(32,43)44/h6-7,9-10,12-15,17,25,33,46H,5,8,11,16H2,1-4H3,(H2,45,52)(H,49,55). The minimum Gasteiger partial charge on any atom is -0.386 e. The number of hydrogen-bond acceptors (Lipinski definition) is 9. The third-order valence-electron chi connectivity index (χ3n) is 9.40. The average Bonchev–Trinajstić information content (AvgIpc) is 3.63. The van der Waals surface area contributed by atoms with E-state index in [2.05, 4.69) is 30.4 Å². The Balaban J connectivity index is 1.56. The van der Waals surface area contributed by atoms with Gasteiger partial charge in [-0.15, -0.1) is 0 Å². The van der Waals surface area contributed by atoms with Crippen LogP contribution in [0.15, 0.2) is 53.6 Å². The number of rotatable bonds is 13. The highest BCUT2D eigenvalue weighted by molar-refractivity contribution is 7.97. The monoisotopic (exact) mass is 832 g/mol. The number of amidine groups is 1. The van der Waals surface area contributed by atoms with E-state index in [0.717, 1.165) is 40.3 Å². The van der Waals surface area contributed by atoms with Gasteiger partial charge in [0.2, 0.25) is 5.91 Å². The molecule has 300 valence electrons. The van der Waals surface area contributed by atoms with Gasteiger partial charge < -0.3 is 15.4 Å². The molecule has 20 heteroatoms. The molecule has 0 aliphatic heterocycles. The number of aromatic nitrogens is 6. The van der Waals surface area contributed by atoms with Gasteiger partial charge in [0.15, 0.2) is 5.82 Å². The Morgan fingerprint density at radius 3 is 2.40 bits per heavy atom. The predicted molar refractivity (Wildman–Crippen MR) is 203 cm³/mol. The molecule has 0 spiro atoms. The van der Waals surface area contributed by atoms with Gasteiger partial charge in [0.05, 0.1) is 28.0 Å². The third-order valence-corrected chi connectivity index (χ3v) is 10.1. The highest BCUT2D eigenvalue weighted by Gasteiger charge is 2.51. The summed E-state index contributed by atoms with van der Waals surface area (Å²) < 4.78 is 92.4. The van der Waals surface area contributed by atoms with Crippen LogP contribution in [0.5, 0.6) is 0 Å². The summed E-state index contributed by atoms with van der Waals surface area (Å²) in [5, 5.41) is 18.1. The fourth-order valence-corrected chi connectivity index (χ4v) is 7.32. The second-order valence-corrected chi connectivity index (χ2v) is 14.2. The fraction of sp³-hybridized carbons (Fsp3) is 0.324. The van der Waals surface area contributed by atoms with E-state index < -0.39 is 71.8 Å². The van der Waals surface area contributed by atoms with Crippen molar-refractivity contribution >= 4 is 41.0 Å². The smallest absolute Gasteiger partial charge is 0.292 e. The zero-order valence-corrected chi connectivity index (χ0v) is 32.3. The molecule has 4 N–H and O–H groups in total. The lowest BCUT2D eigenvalue weighted by Crippen LogP contribution is -2.38. The van der Waals surface area contributed by atoms with E-state index in [9.17, 15) is 27.2 Å². The number of nitrogens with zero attached hydrogens (tertiary/aromatic N) is 6. The molecular weight excluding hydrogens is 798 g/mol. The Kier molecular flexibility index (Phi) is 12.0. The van der Waals surface area contributed by atoms with Crippen LogP contribution >= 0.6 is 23.5 Å². The second-order valence-electron chi connectivity index (χ2n) is 13.2. The number of carbonyl (C=O) groups excluding carboxylic acids is 1. The van der Waals surface area contributed by atoms with Crippen LogP contribution in [0.4, 0.5) is 32.0 Å². The van der Waals surface area contributed by atoms with Gasteiger partial charge in [-0.2, -0.15) is 13.9 Å². The predicted octanol–water partition coefficient (Wildman–Crippen LogP) is 6.94. The topological polar surface area (TPSA) is 156 Å². The van der Waals surface area contributed by atoms with E-state index in [4.69, 9.17) is 22.0 Å². The van der Waals surface area contributed by atoms with Crippen molar-refractivity contribution in [1.82, 2.24) is 39.3 Å². The summed E-state index contributed by atoms with van der Waals surface area (Å²) in [7, 11) is 1.52. The summed E-state index contributed by atoms with van der Waals surface area (Å²) in [5.74, 6) is -8.26. The van der Waals surface area contributed by atoms with E-state index in [1.54, 1.807) is 6.26 Å². The molecule has 0 fully saturated rings. The van der Waals surface area contributed by atoms with Gasteiger partial charge in [-0.05, 0) is 48.2 Å². The zero-order chi connectivity index (χ0) is 41.3. The number of carbonyl (C=O) groups is 1. The number of anilines is 1. The Labute approximate surface area is 331 Å². The molecule has 12 nitrogen and oxygen atoms in total. The number of hydrogen-bond donors (Lipinski definition) is 4. The van der Waals surface area contributed by atoms with Crippen LogP contribution in [0, 0.1) is 23.0 Å². The van der Waals surface area contributed by atoms with Crippen LogP contribution in [-0.2, 0) is 36.5 Å². The van der Waals surface area contributed by atoms with E-state index in [-0.39, 0.29) is 62.7 Å². The van der Waals surface area contributed by atoms with Crippen LogP contribution in [0.3, 0.4) is 0 Å².